The summed E-state index contributed by atoms with van der Waals surface area (Å²) in [6, 6.07) is 13.5. The van der Waals surface area contributed by atoms with Crippen LogP contribution in [0, 0.1) is 0 Å². The smallest absolute Gasteiger partial charge is 0.332 e. The van der Waals surface area contributed by atoms with Crippen molar-refractivity contribution in [1.29, 1.82) is 0 Å². The lowest BCUT2D eigenvalue weighted by Gasteiger charge is -2.15. The van der Waals surface area contributed by atoms with E-state index in [1.165, 1.54) is 25.9 Å². The average molecular weight is 478 g/mol. The molecule has 3 aromatic heterocycles. The Bertz CT molecular complexity index is 1460. The van der Waals surface area contributed by atoms with Crippen molar-refractivity contribution in [1.82, 2.24) is 28.9 Å². The van der Waals surface area contributed by atoms with Gasteiger partial charge >= 0.3 is 5.69 Å². The third-order valence-corrected chi connectivity index (χ3v) is 6.51. The molecule has 10 nitrogen and oxygen atoms in total. The van der Waals surface area contributed by atoms with Crippen molar-refractivity contribution < 1.29 is 4.79 Å². The first-order valence-corrected chi connectivity index (χ1v) is 11.3. The summed E-state index contributed by atoms with van der Waals surface area (Å²) >= 11 is 1.17. The molecule has 4 rings (SSSR count). The summed E-state index contributed by atoms with van der Waals surface area (Å²) in [7, 11) is 2.73. The zero-order valence-corrected chi connectivity index (χ0v) is 19.7. The Kier molecular flexibility index (Phi) is 6.46. The van der Waals surface area contributed by atoms with E-state index < -0.39 is 22.3 Å². The van der Waals surface area contributed by atoms with E-state index in [0.29, 0.717) is 17.5 Å². The lowest BCUT2D eigenvalue weighted by atomic mass is 10.1. The van der Waals surface area contributed by atoms with E-state index in [2.05, 4.69) is 15.2 Å². The van der Waals surface area contributed by atoms with E-state index >= 15 is 0 Å². The van der Waals surface area contributed by atoms with Crippen LogP contribution in [0.1, 0.15) is 22.8 Å². The Hall–Kier alpha value is -3.99. The first-order chi connectivity index (χ1) is 16.3. The number of nitrogens with two attached hydrogens (primary N) is 1. The third kappa shape index (κ3) is 4.29. The van der Waals surface area contributed by atoms with E-state index in [4.69, 9.17) is 5.73 Å². The lowest BCUT2D eigenvalue weighted by Crippen LogP contribution is -2.42. The van der Waals surface area contributed by atoms with Gasteiger partial charge in [-0.25, -0.2) is 4.79 Å². The predicted octanol–water partition coefficient (Wildman–Crippen LogP) is 1.73. The van der Waals surface area contributed by atoms with E-state index in [1.807, 2.05) is 47.0 Å². The zero-order chi connectivity index (χ0) is 24.4. The fourth-order valence-electron chi connectivity index (χ4n) is 3.50. The second-order valence-electron chi connectivity index (χ2n) is 7.71. The Morgan fingerprint density at radius 3 is 2.47 bits per heavy atom. The number of hydrogen-bond donors (Lipinski definition) is 1. The maximum atomic E-state index is 13.3. The molecule has 0 fully saturated rings. The number of hydrogen-bond acceptors (Lipinski definition) is 8. The molecular weight excluding hydrogens is 454 g/mol. The second kappa shape index (κ2) is 9.48. The number of thioether (sulfide) groups is 1. The maximum absolute atomic E-state index is 13.3. The molecule has 3 heterocycles. The molecule has 0 aliphatic rings. The Balaban J connectivity index is 1.72. The predicted molar refractivity (Wildman–Crippen MR) is 130 cm³/mol. The molecule has 1 aromatic carbocycles. The number of benzene rings is 1. The van der Waals surface area contributed by atoms with Crippen molar-refractivity contribution in [2.45, 2.75) is 23.9 Å². The highest BCUT2D eigenvalue weighted by Gasteiger charge is 2.27. The molecule has 0 aliphatic carbocycles. The molecule has 0 saturated heterocycles. The number of pyridine rings is 1. The van der Waals surface area contributed by atoms with Gasteiger partial charge in [0.15, 0.2) is 16.8 Å². The third-order valence-electron chi connectivity index (χ3n) is 5.43. The standard InChI is InChI=1S/C23H23N7O3S/c1-14(18(31)17-19(24)28(2)23(33)29(3)21(17)32)34-22-27-26-20(16-10-7-11-25-12-16)30(22)13-15-8-5-4-6-9-15/h4-12,14H,13,24H2,1-3H3. The van der Waals surface area contributed by atoms with E-state index in [-0.39, 0.29) is 11.4 Å². The monoisotopic (exact) mass is 477 g/mol. The van der Waals surface area contributed by atoms with Crippen LogP contribution >= 0.6 is 11.8 Å². The van der Waals surface area contributed by atoms with Crippen molar-refractivity contribution in [3.05, 3.63) is 86.8 Å². The van der Waals surface area contributed by atoms with Gasteiger partial charge in [0, 0.05) is 32.1 Å². The minimum Gasteiger partial charge on any atom is -0.384 e. The number of aromatic nitrogens is 6. The van der Waals surface area contributed by atoms with E-state index in [1.54, 1.807) is 19.3 Å². The fraction of sp³-hybridized carbons (Fsp3) is 0.217. The number of carbonyl (C=O) groups is 1. The van der Waals surface area contributed by atoms with Crippen molar-refractivity contribution in [3.63, 3.8) is 0 Å². The summed E-state index contributed by atoms with van der Waals surface area (Å²) in [6.45, 7) is 2.15. The highest BCUT2D eigenvalue weighted by atomic mass is 32.2. The fourth-order valence-corrected chi connectivity index (χ4v) is 4.41. The molecule has 11 heteroatoms. The molecular formula is C23H23N7O3S. The number of nitrogen functional groups attached to an aromatic ring is 1. The van der Waals surface area contributed by atoms with Gasteiger partial charge in [0.2, 0.25) is 0 Å². The summed E-state index contributed by atoms with van der Waals surface area (Å²) in [5.41, 5.74) is 6.26. The number of anilines is 1. The summed E-state index contributed by atoms with van der Waals surface area (Å²) in [6.07, 6.45) is 3.37. The van der Waals surface area contributed by atoms with Gasteiger partial charge in [0.25, 0.3) is 5.56 Å². The van der Waals surface area contributed by atoms with Crippen LogP contribution in [0.25, 0.3) is 11.4 Å². The minimum absolute atomic E-state index is 0.160. The number of nitrogens with zero attached hydrogens (tertiary/aromatic N) is 6. The van der Waals surface area contributed by atoms with Crippen LogP contribution in [0.15, 0.2) is 69.6 Å². The first-order valence-electron chi connectivity index (χ1n) is 10.4. The van der Waals surface area contributed by atoms with Crippen molar-refractivity contribution in [3.8, 4) is 11.4 Å². The van der Waals surface area contributed by atoms with Crippen LogP contribution in [0.4, 0.5) is 5.82 Å². The van der Waals surface area contributed by atoms with Gasteiger partial charge in [-0.3, -0.25) is 28.3 Å². The van der Waals surface area contributed by atoms with Crippen molar-refractivity contribution in [2.24, 2.45) is 14.1 Å². The summed E-state index contributed by atoms with van der Waals surface area (Å²) < 4.78 is 3.87. The Labute approximate surface area is 199 Å². The molecule has 1 atom stereocenters. The molecule has 34 heavy (non-hydrogen) atoms. The summed E-state index contributed by atoms with van der Waals surface area (Å²) in [5, 5.41) is 8.46. The molecule has 0 aliphatic heterocycles. The molecule has 0 radical (unpaired) electrons. The van der Waals surface area contributed by atoms with E-state index in [9.17, 15) is 14.4 Å². The van der Waals surface area contributed by atoms with E-state index in [0.717, 1.165) is 20.3 Å². The van der Waals surface area contributed by atoms with Crippen LogP contribution in [0.3, 0.4) is 0 Å². The van der Waals surface area contributed by atoms with Gasteiger partial charge < -0.3 is 5.73 Å². The van der Waals surface area contributed by atoms with Crippen LogP contribution in [0.5, 0.6) is 0 Å². The normalized spacial score (nSPS) is 12.0. The molecule has 0 bridgehead atoms. The molecule has 2 N–H and O–H groups in total. The van der Waals surface area contributed by atoms with Crippen molar-refractivity contribution >= 4 is 23.4 Å². The number of carbonyl (C=O) groups excluding carboxylic acids is 1. The number of rotatable bonds is 7. The number of Topliss-reactive ketones (excluding diaryl/α,β-unsaturated/α-hetero) is 1. The highest BCUT2D eigenvalue weighted by molar-refractivity contribution is 8.00. The highest BCUT2D eigenvalue weighted by Crippen LogP contribution is 2.29. The van der Waals surface area contributed by atoms with Crippen LogP contribution in [0.2, 0.25) is 0 Å². The van der Waals surface area contributed by atoms with Crippen LogP contribution in [-0.2, 0) is 20.6 Å². The van der Waals surface area contributed by atoms with Gasteiger partial charge in [-0.15, -0.1) is 10.2 Å². The molecule has 4 aromatic rings. The van der Waals surface area contributed by atoms with Gasteiger partial charge in [-0.2, -0.15) is 0 Å². The van der Waals surface area contributed by atoms with Crippen molar-refractivity contribution in [2.75, 3.05) is 5.73 Å². The lowest BCUT2D eigenvalue weighted by molar-refractivity contribution is 0.0992. The van der Waals surface area contributed by atoms with Gasteiger partial charge in [-0.1, -0.05) is 42.1 Å². The quantitative estimate of drug-likeness (QED) is 0.315. The van der Waals surface area contributed by atoms with Gasteiger partial charge in [0.05, 0.1) is 11.8 Å². The number of ketones is 1. The average Bonchev–Trinajstić information content (AvgIpc) is 3.24. The minimum atomic E-state index is -0.722. The van der Waals surface area contributed by atoms with Gasteiger partial charge in [0.1, 0.15) is 11.4 Å². The first kappa shape index (κ1) is 23.2. The summed E-state index contributed by atoms with van der Waals surface area (Å²) in [4.78, 5) is 42.2. The maximum Gasteiger partial charge on any atom is 0.332 e. The Morgan fingerprint density at radius 1 is 1.06 bits per heavy atom. The molecule has 0 amide bonds. The molecule has 0 spiro atoms. The topological polar surface area (TPSA) is 131 Å². The SMILES string of the molecule is CC(Sc1nnc(-c2cccnc2)n1Cc1ccccc1)C(=O)c1c(N)n(C)c(=O)n(C)c1=O. The largest absolute Gasteiger partial charge is 0.384 e. The summed E-state index contributed by atoms with van der Waals surface area (Å²) in [5.74, 6) is -0.0418. The molecule has 0 saturated carbocycles. The van der Waals surface area contributed by atoms with Crippen LogP contribution in [-0.4, -0.2) is 39.9 Å². The van der Waals surface area contributed by atoms with Gasteiger partial charge in [-0.05, 0) is 24.6 Å². The Morgan fingerprint density at radius 2 is 1.79 bits per heavy atom. The van der Waals surface area contributed by atoms with Crippen LogP contribution < -0.4 is 17.0 Å². The molecule has 1 unspecified atom stereocenters. The second-order valence-corrected chi connectivity index (χ2v) is 9.02. The molecule has 174 valence electrons. The zero-order valence-electron chi connectivity index (χ0n) is 18.9.